The van der Waals surface area contributed by atoms with E-state index < -0.39 is 12.1 Å². The molecule has 1 aromatic rings. The number of rotatable bonds is 5. The zero-order chi connectivity index (χ0) is 15.2. The number of amides is 2. The predicted octanol–water partition coefficient (Wildman–Crippen LogP) is 2.25. The van der Waals surface area contributed by atoms with Crippen LogP contribution >= 0.6 is 15.9 Å². The fourth-order valence-electron chi connectivity index (χ4n) is 1.30. The van der Waals surface area contributed by atoms with Crippen LogP contribution in [-0.2, 0) is 4.79 Å². The van der Waals surface area contributed by atoms with Gasteiger partial charge in [0.1, 0.15) is 0 Å². The topological polar surface area (TPSA) is 58.2 Å². The van der Waals surface area contributed by atoms with Crippen molar-refractivity contribution in [2.24, 2.45) is 0 Å². The quantitative estimate of drug-likeness (QED) is 0.798. The third-order valence-electron chi connectivity index (χ3n) is 2.29. The summed E-state index contributed by atoms with van der Waals surface area (Å²) in [5.74, 6) is -2.30. The van der Waals surface area contributed by atoms with Gasteiger partial charge in [0.25, 0.3) is 5.91 Å². The second-order valence-electron chi connectivity index (χ2n) is 3.87. The summed E-state index contributed by atoms with van der Waals surface area (Å²) in [6.07, 6.45) is -4.66. The summed E-state index contributed by atoms with van der Waals surface area (Å²) in [4.78, 5) is 22.1. The van der Waals surface area contributed by atoms with Crippen LogP contribution in [0.1, 0.15) is 16.8 Å². The third-order valence-corrected chi connectivity index (χ3v) is 2.82. The number of hydrogen-bond acceptors (Lipinski definition) is 2. The van der Waals surface area contributed by atoms with Crippen LogP contribution in [0, 0.1) is 0 Å². The van der Waals surface area contributed by atoms with Crippen LogP contribution in [0.25, 0.3) is 0 Å². The second-order valence-corrected chi connectivity index (χ2v) is 4.79. The Hall–Kier alpha value is -1.57. The average molecular weight is 353 g/mol. The lowest BCUT2D eigenvalue weighted by atomic mass is 10.2. The molecule has 1 rings (SSSR count). The zero-order valence-corrected chi connectivity index (χ0v) is 11.8. The van der Waals surface area contributed by atoms with E-state index in [1.54, 1.807) is 29.6 Å². The van der Waals surface area contributed by atoms with Crippen molar-refractivity contribution in [2.45, 2.75) is 12.6 Å². The van der Waals surface area contributed by atoms with E-state index in [9.17, 15) is 22.8 Å². The smallest absolute Gasteiger partial charge is 0.352 e. The van der Waals surface area contributed by atoms with Crippen molar-refractivity contribution in [1.82, 2.24) is 10.6 Å². The van der Waals surface area contributed by atoms with Crippen molar-refractivity contribution in [2.75, 3.05) is 13.1 Å². The molecule has 0 aliphatic heterocycles. The summed E-state index contributed by atoms with van der Waals surface area (Å²) in [5.41, 5.74) is 0.451. The Kier molecular flexibility index (Phi) is 6.00. The molecule has 20 heavy (non-hydrogen) atoms. The molecule has 2 amide bonds. The molecule has 0 atom stereocenters. The van der Waals surface area contributed by atoms with Gasteiger partial charge in [0.15, 0.2) is 0 Å². The SMILES string of the molecule is O=C(NCCCNC(=O)C(F)(F)F)c1ccc(Br)cc1. The molecule has 0 heterocycles. The number of carbonyl (C=O) groups is 2. The number of hydrogen-bond donors (Lipinski definition) is 2. The summed E-state index contributed by atoms with van der Waals surface area (Å²) in [5, 5.41) is 4.27. The van der Waals surface area contributed by atoms with Gasteiger partial charge in [-0.3, -0.25) is 9.59 Å². The molecular formula is C12H12BrF3N2O2. The normalized spacial score (nSPS) is 11.0. The summed E-state index contributed by atoms with van der Waals surface area (Å²) in [7, 11) is 0. The maximum Gasteiger partial charge on any atom is 0.471 e. The largest absolute Gasteiger partial charge is 0.471 e. The highest BCUT2D eigenvalue weighted by Crippen LogP contribution is 2.13. The van der Waals surface area contributed by atoms with Gasteiger partial charge in [-0.2, -0.15) is 13.2 Å². The molecule has 0 spiro atoms. The second kappa shape index (κ2) is 7.28. The number of halogens is 4. The molecule has 0 aliphatic carbocycles. The van der Waals surface area contributed by atoms with E-state index >= 15 is 0 Å². The lowest BCUT2D eigenvalue weighted by Crippen LogP contribution is -2.38. The molecule has 0 aromatic heterocycles. The van der Waals surface area contributed by atoms with E-state index in [2.05, 4.69) is 21.2 Å². The van der Waals surface area contributed by atoms with Crippen LogP contribution in [0.4, 0.5) is 13.2 Å². The van der Waals surface area contributed by atoms with Gasteiger partial charge in [-0.05, 0) is 30.7 Å². The van der Waals surface area contributed by atoms with Gasteiger partial charge in [-0.15, -0.1) is 0 Å². The maximum atomic E-state index is 11.9. The molecule has 0 saturated heterocycles. The van der Waals surface area contributed by atoms with Crippen molar-refractivity contribution in [3.05, 3.63) is 34.3 Å². The molecule has 8 heteroatoms. The van der Waals surface area contributed by atoms with Crippen LogP contribution in [-0.4, -0.2) is 31.1 Å². The monoisotopic (exact) mass is 352 g/mol. The Morgan fingerprint density at radius 2 is 1.60 bits per heavy atom. The molecule has 0 bridgehead atoms. The molecule has 110 valence electrons. The lowest BCUT2D eigenvalue weighted by Gasteiger charge is -2.08. The van der Waals surface area contributed by atoms with Crippen molar-refractivity contribution in [1.29, 1.82) is 0 Å². The van der Waals surface area contributed by atoms with Gasteiger partial charge in [-0.1, -0.05) is 15.9 Å². The zero-order valence-electron chi connectivity index (χ0n) is 10.3. The molecule has 1 aromatic carbocycles. The van der Waals surface area contributed by atoms with E-state index in [4.69, 9.17) is 0 Å². The van der Waals surface area contributed by atoms with Crippen LogP contribution in [0.2, 0.25) is 0 Å². The van der Waals surface area contributed by atoms with Crippen LogP contribution in [0.5, 0.6) is 0 Å². The minimum absolute atomic E-state index is 0.154. The Morgan fingerprint density at radius 3 is 2.15 bits per heavy atom. The van der Waals surface area contributed by atoms with Crippen molar-refractivity contribution in [3.63, 3.8) is 0 Å². The fraction of sp³-hybridized carbons (Fsp3) is 0.333. The van der Waals surface area contributed by atoms with Gasteiger partial charge in [0.05, 0.1) is 0 Å². The molecule has 0 radical (unpaired) electrons. The van der Waals surface area contributed by atoms with E-state index in [0.29, 0.717) is 5.56 Å². The van der Waals surface area contributed by atoms with Crippen molar-refractivity contribution >= 4 is 27.7 Å². The lowest BCUT2D eigenvalue weighted by molar-refractivity contribution is -0.173. The van der Waals surface area contributed by atoms with Gasteiger partial charge >= 0.3 is 12.1 Å². The summed E-state index contributed by atoms with van der Waals surface area (Å²) in [6.45, 7) is 0.0198. The highest BCUT2D eigenvalue weighted by atomic mass is 79.9. The first-order valence-electron chi connectivity index (χ1n) is 5.69. The minimum Gasteiger partial charge on any atom is -0.352 e. The Bertz CT molecular complexity index is 475. The van der Waals surface area contributed by atoms with E-state index in [1.807, 2.05) is 0 Å². The van der Waals surface area contributed by atoms with Gasteiger partial charge in [0, 0.05) is 23.1 Å². The van der Waals surface area contributed by atoms with E-state index in [1.165, 1.54) is 0 Å². The minimum atomic E-state index is -4.87. The molecular weight excluding hydrogens is 341 g/mol. The Balaban J connectivity index is 2.23. The first-order valence-corrected chi connectivity index (χ1v) is 6.49. The van der Waals surface area contributed by atoms with Crippen molar-refractivity contribution in [3.8, 4) is 0 Å². The highest BCUT2D eigenvalue weighted by molar-refractivity contribution is 9.10. The van der Waals surface area contributed by atoms with E-state index in [0.717, 1.165) is 4.47 Å². The number of carbonyl (C=O) groups excluding carboxylic acids is 2. The molecule has 0 unspecified atom stereocenters. The average Bonchev–Trinajstić information content (AvgIpc) is 2.37. The van der Waals surface area contributed by atoms with Gasteiger partial charge in [0.2, 0.25) is 0 Å². The third kappa shape index (κ3) is 5.60. The molecule has 4 nitrogen and oxygen atoms in total. The molecule has 0 aliphatic rings. The summed E-state index contributed by atoms with van der Waals surface area (Å²) >= 11 is 3.23. The first-order chi connectivity index (χ1) is 9.30. The maximum absolute atomic E-state index is 11.9. The fourth-order valence-corrected chi connectivity index (χ4v) is 1.56. The predicted molar refractivity (Wildman–Crippen MR) is 70.2 cm³/mol. The number of benzene rings is 1. The van der Waals surface area contributed by atoms with Crippen LogP contribution < -0.4 is 10.6 Å². The summed E-state index contributed by atoms with van der Waals surface area (Å²) < 4.78 is 36.4. The molecule has 0 saturated carbocycles. The molecule has 0 fully saturated rings. The Morgan fingerprint density at radius 1 is 1.05 bits per heavy atom. The van der Waals surface area contributed by atoms with Gasteiger partial charge < -0.3 is 10.6 Å². The highest BCUT2D eigenvalue weighted by Gasteiger charge is 2.38. The van der Waals surface area contributed by atoms with Crippen LogP contribution in [0.15, 0.2) is 28.7 Å². The number of nitrogens with one attached hydrogen (secondary N) is 2. The summed E-state index contributed by atoms with van der Waals surface area (Å²) in [6, 6.07) is 6.65. The number of alkyl halides is 3. The molecule has 2 N–H and O–H groups in total. The first kappa shape index (κ1) is 16.5. The standard InChI is InChI=1S/C12H12BrF3N2O2/c13-9-4-2-8(3-5-9)10(19)17-6-1-7-18-11(20)12(14,15)16/h2-5H,1,6-7H2,(H,17,19)(H,18,20). The van der Waals surface area contributed by atoms with Crippen LogP contribution in [0.3, 0.4) is 0 Å². The Labute approximate surface area is 121 Å². The van der Waals surface area contributed by atoms with Gasteiger partial charge in [-0.25, -0.2) is 0 Å². The van der Waals surface area contributed by atoms with Crippen molar-refractivity contribution < 1.29 is 22.8 Å². The van der Waals surface area contributed by atoms with E-state index in [-0.39, 0.29) is 25.4 Å².